The van der Waals surface area contributed by atoms with Crippen LogP contribution in [0, 0.1) is 0 Å². The quantitative estimate of drug-likeness (QED) is 0.714. The number of benzene rings is 1. The van der Waals surface area contributed by atoms with Crippen molar-refractivity contribution >= 4 is 17.6 Å². The highest BCUT2D eigenvalue weighted by atomic mass is 35.5. The predicted molar refractivity (Wildman–Crippen MR) is 88.9 cm³/mol. The van der Waals surface area contributed by atoms with Crippen molar-refractivity contribution in [3.05, 3.63) is 28.8 Å². The summed E-state index contributed by atoms with van der Waals surface area (Å²) in [6.07, 6.45) is 0.681. The molecule has 128 valence electrons. The van der Waals surface area contributed by atoms with Gasteiger partial charge in [-0.1, -0.05) is 24.6 Å². The molecule has 0 saturated carbocycles. The van der Waals surface area contributed by atoms with Crippen LogP contribution in [0.25, 0.3) is 0 Å². The molecule has 1 aliphatic heterocycles. The summed E-state index contributed by atoms with van der Waals surface area (Å²) in [5, 5.41) is 0.507. The number of carbonyl (C=O) groups is 1. The van der Waals surface area contributed by atoms with Gasteiger partial charge in [-0.15, -0.1) is 0 Å². The molecule has 1 fully saturated rings. The Morgan fingerprint density at radius 1 is 1.39 bits per heavy atom. The zero-order valence-corrected chi connectivity index (χ0v) is 14.5. The van der Waals surface area contributed by atoms with Crippen molar-refractivity contribution in [2.24, 2.45) is 0 Å². The van der Waals surface area contributed by atoms with Crippen LogP contribution in [0.4, 0.5) is 0 Å². The Kier molecular flexibility index (Phi) is 7.15. The fourth-order valence-corrected chi connectivity index (χ4v) is 2.51. The summed E-state index contributed by atoms with van der Waals surface area (Å²) in [5.74, 6) is 0.117. The normalized spacial score (nSPS) is 16.8. The van der Waals surface area contributed by atoms with Gasteiger partial charge in [0.25, 0.3) is 0 Å². The molecule has 1 aliphatic rings. The summed E-state index contributed by atoms with van der Waals surface area (Å²) in [6, 6.07) is 5.65. The Balaban J connectivity index is 1.85. The highest BCUT2D eigenvalue weighted by molar-refractivity contribution is 6.32. The van der Waals surface area contributed by atoms with Gasteiger partial charge in [0.2, 0.25) is 0 Å². The lowest BCUT2D eigenvalue weighted by Gasteiger charge is -2.26. The van der Waals surface area contributed by atoms with E-state index in [0.29, 0.717) is 10.8 Å². The van der Waals surface area contributed by atoms with E-state index in [1.807, 2.05) is 26.0 Å². The minimum atomic E-state index is -0.382. The average Bonchev–Trinajstić information content (AvgIpc) is 2.55. The number of ether oxygens (including phenoxy) is 3. The van der Waals surface area contributed by atoms with Gasteiger partial charge in [-0.25, -0.2) is 4.79 Å². The second-order valence-corrected chi connectivity index (χ2v) is 6.06. The van der Waals surface area contributed by atoms with Gasteiger partial charge >= 0.3 is 5.97 Å². The number of nitrogens with zero attached hydrogens (tertiary/aromatic N) is 1. The number of rotatable bonds is 7. The Labute approximate surface area is 142 Å². The first kappa shape index (κ1) is 18.0. The van der Waals surface area contributed by atoms with E-state index < -0.39 is 0 Å². The van der Waals surface area contributed by atoms with Gasteiger partial charge in [-0.3, -0.25) is 4.90 Å². The third kappa shape index (κ3) is 6.01. The summed E-state index contributed by atoms with van der Waals surface area (Å²) in [7, 11) is 0. The maximum Gasteiger partial charge on any atom is 0.344 e. The van der Waals surface area contributed by atoms with Crippen molar-refractivity contribution in [1.82, 2.24) is 4.90 Å². The molecule has 6 heteroatoms. The van der Waals surface area contributed by atoms with Crippen LogP contribution in [0.2, 0.25) is 5.02 Å². The molecule has 1 atom stereocenters. The average molecular weight is 342 g/mol. The molecule has 5 nitrogen and oxygen atoms in total. The Hall–Kier alpha value is -1.30. The second kappa shape index (κ2) is 9.11. The first-order valence-corrected chi connectivity index (χ1v) is 8.37. The number of carbonyl (C=O) groups excluding carboxylic acids is 1. The third-order valence-corrected chi connectivity index (χ3v) is 4.05. The maximum absolute atomic E-state index is 11.6. The SMILES string of the molecule is CCC(C)OC(=O)COc1ccc(CN2CCOCC2)cc1Cl. The first-order chi connectivity index (χ1) is 11.1. The standard InChI is InChI=1S/C17H24ClNO4/c1-3-13(2)23-17(20)12-22-16-5-4-14(10-15(16)18)11-19-6-8-21-9-7-19/h4-5,10,13H,3,6-9,11-12H2,1-2H3. The van der Waals surface area contributed by atoms with Crippen LogP contribution >= 0.6 is 11.6 Å². The molecule has 2 rings (SSSR count). The molecule has 0 spiro atoms. The van der Waals surface area contributed by atoms with Gasteiger partial charge in [0.1, 0.15) is 5.75 Å². The smallest absolute Gasteiger partial charge is 0.344 e. The van der Waals surface area contributed by atoms with Crippen LogP contribution < -0.4 is 4.74 Å². The number of esters is 1. The molecule has 1 heterocycles. The lowest BCUT2D eigenvalue weighted by molar-refractivity contribution is -0.150. The molecule has 0 radical (unpaired) electrons. The highest BCUT2D eigenvalue weighted by Crippen LogP contribution is 2.26. The van der Waals surface area contributed by atoms with Crippen molar-refractivity contribution in [2.75, 3.05) is 32.9 Å². The summed E-state index contributed by atoms with van der Waals surface area (Å²) in [4.78, 5) is 13.9. The molecule has 1 aromatic carbocycles. The molecular weight excluding hydrogens is 318 g/mol. The number of morpholine rings is 1. The van der Waals surface area contributed by atoms with Crippen LogP contribution in [0.5, 0.6) is 5.75 Å². The van der Waals surface area contributed by atoms with E-state index in [1.165, 1.54) is 0 Å². The van der Waals surface area contributed by atoms with E-state index in [-0.39, 0.29) is 18.7 Å². The molecule has 0 N–H and O–H groups in total. The third-order valence-electron chi connectivity index (χ3n) is 3.76. The molecule has 0 aromatic heterocycles. The monoisotopic (exact) mass is 341 g/mol. The zero-order chi connectivity index (χ0) is 16.7. The Morgan fingerprint density at radius 2 is 2.13 bits per heavy atom. The van der Waals surface area contributed by atoms with Gasteiger partial charge in [0, 0.05) is 19.6 Å². The molecule has 1 unspecified atom stereocenters. The number of hydrogen-bond donors (Lipinski definition) is 0. The summed E-state index contributed by atoms with van der Waals surface area (Å²) < 4.78 is 15.9. The van der Waals surface area contributed by atoms with Gasteiger partial charge in [-0.2, -0.15) is 0 Å². The van der Waals surface area contributed by atoms with Crippen LogP contribution in [0.3, 0.4) is 0 Å². The van der Waals surface area contributed by atoms with Crippen LogP contribution in [-0.4, -0.2) is 49.9 Å². The highest BCUT2D eigenvalue weighted by Gasteiger charge is 2.13. The van der Waals surface area contributed by atoms with Crippen molar-refractivity contribution in [3.63, 3.8) is 0 Å². The van der Waals surface area contributed by atoms with Gasteiger partial charge < -0.3 is 14.2 Å². The maximum atomic E-state index is 11.6. The van der Waals surface area contributed by atoms with Gasteiger partial charge in [0.15, 0.2) is 6.61 Å². The molecule has 1 saturated heterocycles. The number of hydrogen-bond acceptors (Lipinski definition) is 5. The fraction of sp³-hybridized carbons (Fsp3) is 0.588. The molecule has 0 aliphatic carbocycles. The van der Waals surface area contributed by atoms with E-state index in [1.54, 1.807) is 6.07 Å². The van der Waals surface area contributed by atoms with Crippen molar-refractivity contribution < 1.29 is 19.0 Å². The molecule has 0 bridgehead atoms. The van der Waals surface area contributed by atoms with E-state index in [4.69, 9.17) is 25.8 Å². The first-order valence-electron chi connectivity index (χ1n) is 7.99. The van der Waals surface area contributed by atoms with E-state index in [9.17, 15) is 4.79 Å². The minimum absolute atomic E-state index is 0.0996. The van der Waals surface area contributed by atoms with E-state index >= 15 is 0 Å². The summed E-state index contributed by atoms with van der Waals surface area (Å²) in [5.41, 5.74) is 1.12. The Morgan fingerprint density at radius 3 is 2.78 bits per heavy atom. The van der Waals surface area contributed by atoms with Crippen molar-refractivity contribution in [3.8, 4) is 5.75 Å². The topological polar surface area (TPSA) is 48.0 Å². The largest absolute Gasteiger partial charge is 0.480 e. The fourth-order valence-electron chi connectivity index (χ4n) is 2.26. The van der Waals surface area contributed by atoms with Crippen molar-refractivity contribution in [1.29, 1.82) is 0 Å². The van der Waals surface area contributed by atoms with Crippen LogP contribution in [-0.2, 0) is 20.8 Å². The molecule has 23 heavy (non-hydrogen) atoms. The van der Waals surface area contributed by atoms with E-state index in [2.05, 4.69) is 4.90 Å². The van der Waals surface area contributed by atoms with Crippen LogP contribution in [0.1, 0.15) is 25.8 Å². The molecule has 1 aromatic rings. The zero-order valence-electron chi connectivity index (χ0n) is 13.7. The Bertz CT molecular complexity index is 517. The van der Waals surface area contributed by atoms with Gasteiger partial charge in [-0.05, 0) is 31.0 Å². The van der Waals surface area contributed by atoms with Crippen LogP contribution in [0.15, 0.2) is 18.2 Å². The van der Waals surface area contributed by atoms with Gasteiger partial charge in [0.05, 0.1) is 24.3 Å². The predicted octanol–water partition coefficient (Wildman–Crippen LogP) is 2.89. The summed E-state index contributed by atoms with van der Waals surface area (Å²) >= 11 is 6.24. The lowest BCUT2D eigenvalue weighted by Crippen LogP contribution is -2.35. The second-order valence-electron chi connectivity index (χ2n) is 5.65. The minimum Gasteiger partial charge on any atom is -0.480 e. The van der Waals surface area contributed by atoms with E-state index in [0.717, 1.165) is 44.8 Å². The molecular formula is C17H24ClNO4. The number of halogens is 1. The lowest BCUT2D eigenvalue weighted by atomic mass is 10.2. The van der Waals surface area contributed by atoms with Crippen molar-refractivity contribution in [2.45, 2.75) is 32.9 Å². The molecule has 0 amide bonds. The summed E-state index contributed by atoms with van der Waals surface area (Å²) in [6.45, 7) is 7.91.